The summed E-state index contributed by atoms with van der Waals surface area (Å²) in [6.07, 6.45) is 0. The lowest BCUT2D eigenvalue weighted by molar-refractivity contribution is 0.391. The summed E-state index contributed by atoms with van der Waals surface area (Å²) in [4.78, 5) is 4.47. The second-order valence-corrected chi connectivity index (χ2v) is 7.23. The molecule has 7 heteroatoms. The summed E-state index contributed by atoms with van der Waals surface area (Å²) in [5.74, 6) is 0. The van der Waals surface area contributed by atoms with Crippen molar-refractivity contribution in [2.24, 2.45) is 0 Å². The van der Waals surface area contributed by atoms with E-state index in [9.17, 15) is 0 Å². The number of nitrogens with zero attached hydrogens (tertiary/aromatic N) is 2. The van der Waals surface area contributed by atoms with E-state index in [4.69, 9.17) is 47.0 Å². The van der Waals surface area contributed by atoms with Crippen molar-refractivity contribution in [2.75, 3.05) is 36.4 Å². The lowest BCUT2D eigenvalue weighted by Crippen LogP contribution is -2.50. The third kappa shape index (κ3) is 4.45. The van der Waals surface area contributed by atoms with E-state index in [0.29, 0.717) is 15.2 Å². The van der Waals surface area contributed by atoms with E-state index in [1.165, 1.54) is 5.69 Å². The van der Waals surface area contributed by atoms with Gasteiger partial charge >= 0.3 is 0 Å². The molecular weight excluding hydrogens is 385 g/mol. The summed E-state index contributed by atoms with van der Waals surface area (Å²) < 4.78 is 0. The van der Waals surface area contributed by atoms with Crippen molar-refractivity contribution >= 4 is 63.5 Å². The molecule has 0 saturated carbocycles. The van der Waals surface area contributed by atoms with Crippen LogP contribution in [-0.4, -0.2) is 36.2 Å². The summed E-state index contributed by atoms with van der Waals surface area (Å²) >= 11 is 23.5. The van der Waals surface area contributed by atoms with Gasteiger partial charge in [0, 0.05) is 52.6 Å². The Bertz CT molecular complexity index is 708. The fraction of sp³-hybridized carbons (Fsp3) is 0.235. The number of hydrogen-bond acceptors (Lipinski definition) is 2. The largest absolute Gasteiger partial charge is 0.368 e. The molecule has 2 aromatic carbocycles. The van der Waals surface area contributed by atoms with Gasteiger partial charge in [-0.1, -0.05) is 34.8 Å². The number of hydrogen-bond donors (Lipinski definition) is 1. The molecule has 0 radical (unpaired) electrons. The molecule has 1 aliphatic rings. The van der Waals surface area contributed by atoms with Crippen LogP contribution in [0.4, 0.5) is 11.4 Å². The fourth-order valence-corrected chi connectivity index (χ4v) is 3.60. The van der Waals surface area contributed by atoms with E-state index in [0.717, 1.165) is 36.9 Å². The summed E-state index contributed by atoms with van der Waals surface area (Å²) in [6, 6.07) is 13.2. The number of nitrogens with one attached hydrogen (secondary N) is 1. The molecule has 24 heavy (non-hydrogen) atoms. The number of thiocarbonyl (C=S) groups is 1. The molecule has 1 saturated heterocycles. The van der Waals surface area contributed by atoms with Crippen molar-refractivity contribution in [1.82, 2.24) is 4.90 Å². The monoisotopic (exact) mass is 399 g/mol. The van der Waals surface area contributed by atoms with Crippen LogP contribution in [0.15, 0.2) is 42.5 Å². The van der Waals surface area contributed by atoms with E-state index in [-0.39, 0.29) is 0 Å². The maximum absolute atomic E-state index is 6.02. The second-order valence-electron chi connectivity index (χ2n) is 5.54. The first kappa shape index (κ1) is 17.6. The lowest BCUT2D eigenvalue weighted by Gasteiger charge is -2.37. The molecule has 0 aromatic heterocycles. The first-order valence-corrected chi connectivity index (χ1v) is 9.08. The number of benzene rings is 2. The van der Waals surface area contributed by atoms with Crippen molar-refractivity contribution < 1.29 is 0 Å². The van der Waals surface area contributed by atoms with Crippen LogP contribution in [0.1, 0.15) is 0 Å². The van der Waals surface area contributed by atoms with Gasteiger partial charge in [0.2, 0.25) is 0 Å². The molecule has 0 aliphatic carbocycles. The summed E-state index contributed by atoms with van der Waals surface area (Å²) in [5, 5.41) is 5.81. The number of piperazine rings is 1. The second kappa shape index (κ2) is 7.79. The van der Waals surface area contributed by atoms with Gasteiger partial charge in [0.15, 0.2) is 5.11 Å². The Morgan fingerprint density at radius 3 is 2.00 bits per heavy atom. The van der Waals surface area contributed by atoms with Gasteiger partial charge in [0.05, 0.1) is 0 Å². The van der Waals surface area contributed by atoms with Crippen LogP contribution in [0.2, 0.25) is 15.1 Å². The van der Waals surface area contributed by atoms with Crippen molar-refractivity contribution in [2.45, 2.75) is 0 Å². The highest BCUT2D eigenvalue weighted by atomic mass is 35.5. The predicted molar refractivity (Wildman–Crippen MR) is 108 cm³/mol. The highest BCUT2D eigenvalue weighted by molar-refractivity contribution is 7.80. The Kier molecular flexibility index (Phi) is 5.72. The summed E-state index contributed by atoms with van der Waals surface area (Å²) in [5.41, 5.74) is 1.98. The molecule has 0 atom stereocenters. The third-order valence-electron chi connectivity index (χ3n) is 3.87. The molecule has 0 bridgehead atoms. The van der Waals surface area contributed by atoms with Gasteiger partial charge in [0.1, 0.15) is 0 Å². The van der Waals surface area contributed by atoms with Gasteiger partial charge in [-0.05, 0) is 54.7 Å². The molecule has 1 heterocycles. The maximum atomic E-state index is 6.02. The van der Waals surface area contributed by atoms with Gasteiger partial charge in [-0.2, -0.15) is 0 Å². The first-order chi connectivity index (χ1) is 11.5. The minimum Gasteiger partial charge on any atom is -0.368 e. The minimum absolute atomic E-state index is 0.584. The third-order valence-corrected chi connectivity index (χ3v) is 4.92. The highest BCUT2D eigenvalue weighted by Gasteiger charge is 2.19. The molecule has 2 aromatic rings. The number of anilines is 2. The lowest BCUT2D eigenvalue weighted by atomic mass is 10.2. The average Bonchev–Trinajstić information content (AvgIpc) is 2.55. The Labute approximate surface area is 162 Å². The number of rotatable bonds is 2. The van der Waals surface area contributed by atoms with Crippen LogP contribution in [0.5, 0.6) is 0 Å². The Morgan fingerprint density at radius 1 is 0.833 bits per heavy atom. The van der Waals surface area contributed by atoms with Crippen molar-refractivity contribution in [3.63, 3.8) is 0 Å². The molecule has 0 amide bonds. The van der Waals surface area contributed by atoms with Gasteiger partial charge in [-0.25, -0.2) is 0 Å². The van der Waals surface area contributed by atoms with Gasteiger partial charge in [-0.15, -0.1) is 0 Å². The first-order valence-electron chi connectivity index (χ1n) is 7.54. The van der Waals surface area contributed by atoms with Crippen molar-refractivity contribution in [3.8, 4) is 0 Å². The molecule has 0 spiro atoms. The van der Waals surface area contributed by atoms with Crippen LogP contribution >= 0.6 is 47.0 Å². The minimum atomic E-state index is 0.584. The van der Waals surface area contributed by atoms with Crippen LogP contribution in [0, 0.1) is 0 Å². The van der Waals surface area contributed by atoms with Gasteiger partial charge in [0.25, 0.3) is 0 Å². The van der Waals surface area contributed by atoms with Crippen molar-refractivity contribution in [1.29, 1.82) is 0 Å². The van der Waals surface area contributed by atoms with Crippen molar-refractivity contribution in [3.05, 3.63) is 57.5 Å². The molecule has 1 N–H and O–H groups in total. The highest BCUT2D eigenvalue weighted by Crippen LogP contribution is 2.23. The van der Waals surface area contributed by atoms with Crippen LogP contribution < -0.4 is 10.2 Å². The number of halogens is 3. The molecular formula is C17H16Cl3N3S. The van der Waals surface area contributed by atoms with E-state index in [1.54, 1.807) is 6.07 Å². The van der Waals surface area contributed by atoms with E-state index < -0.39 is 0 Å². The summed E-state index contributed by atoms with van der Waals surface area (Å²) in [6.45, 7) is 3.50. The molecule has 3 nitrogen and oxygen atoms in total. The topological polar surface area (TPSA) is 18.5 Å². The smallest absolute Gasteiger partial charge is 0.173 e. The average molecular weight is 401 g/mol. The summed E-state index contributed by atoms with van der Waals surface area (Å²) in [7, 11) is 0. The zero-order valence-electron chi connectivity index (χ0n) is 12.8. The van der Waals surface area contributed by atoms with Crippen LogP contribution in [0.25, 0.3) is 0 Å². The van der Waals surface area contributed by atoms with Gasteiger partial charge in [-0.3, -0.25) is 0 Å². The molecule has 0 unspecified atom stereocenters. The van der Waals surface area contributed by atoms with Gasteiger partial charge < -0.3 is 15.1 Å². The normalized spacial score (nSPS) is 14.6. The molecule has 1 aliphatic heterocycles. The molecule has 126 valence electrons. The fourth-order valence-electron chi connectivity index (χ4n) is 2.65. The quantitative estimate of drug-likeness (QED) is 0.701. The SMILES string of the molecule is S=C(Nc1cc(Cl)cc(Cl)c1)N1CCN(c2ccc(Cl)cc2)CC1. The Hall–Kier alpha value is -1.20. The molecule has 3 rings (SSSR count). The van der Waals surface area contributed by atoms with Crippen LogP contribution in [-0.2, 0) is 0 Å². The zero-order chi connectivity index (χ0) is 17.1. The van der Waals surface area contributed by atoms with E-state index in [1.807, 2.05) is 36.4 Å². The Morgan fingerprint density at radius 2 is 1.42 bits per heavy atom. The molecule has 1 fully saturated rings. The van der Waals surface area contributed by atoms with E-state index in [2.05, 4.69) is 15.1 Å². The maximum Gasteiger partial charge on any atom is 0.173 e. The zero-order valence-corrected chi connectivity index (χ0v) is 15.9. The van der Waals surface area contributed by atoms with Crippen LogP contribution in [0.3, 0.4) is 0 Å². The predicted octanol–water partition coefficient (Wildman–Crippen LogP) is 5.17. The Balaban J connectivity index is 1.57. The van der Waals surface area contributed by atoms with E-state index >= 15 is 0 Å². The standard InChI is InChI=1S/C17H16Cl3N3S/c18-12-1-3-16(4-2-12)22-5-7-23(8-6-22)17(24)21-15-10-13(19)9-14(20)11-15/h1-4,9-11H,5-8H2,(H,21,24).